The van der Waals surface area contributed by atoms with Gasteiger partial charge in [0.2, 0.25) is 11.8 Å². The Hall–Kier alpha value is -0.900. The minimum absolute atomic E-state index is 0.149. The molecule has 1 atom stereocenters. The standard InChI is InChI=1S/C9H15NO3/c1-7(6-11)10-8(12)4-2-3-5-9(10)13/h7,11H,2-6H2,1H3/t7-/m0/s1. The molecular formula is C9H15NO3. The van der Waals surface area contributed by atoms with E-state index in [9.17, 15) is 9.59 Å². The summed E-state index contributed by atoms with van der Waals surface area (Å²) in [4.78, 5) is 24.0. The van der Waals surface area contributed by atoms with Crippen molar-refractivity contribution in [2.75, 3.05) is 6.61 Å². The molecule has 4 heteroatoms. The molecule has 0 aliphatic carbocycles. The number of nitrogens with zero attached hydrogens (tertiary/aromatic N) is 1. The summed E-state index contributed by atoms with van der Waals surface area (Å²) in [7, 11) is 0. The van der Waals surface area contributed by atoms with Gasteiger partial charge in [-0.3, -0.25) is 14.5 Å². The Kier molecular flexibility index (Phi) is 3.42. The second-order valence-electron chi connectivity index (χ2n) is 3.40. The molecule has 1 fully saturated rings. The van der Waals surface area contributed by atoms with E-state index in [1.165, 1.54) is 4.90 Å². The molecule has 74 valence electrons. The van der Waals surface area contributed by atoms with Crippen molar-refractivity contribution in [3.05, 3.63) is 0 Å². The van der Waals surface area contributed by atoms with Crippen LogP contribution in [-0.2, 0) is 9.59 Å². The lowest BCUT2D eigenvalue weighted by Gasteiger charge is -2.24. The molecule has 0 spiro atoms. The topological polar surface area (TPSA) is 57.6 Å². The van der Waals surface area contributed by atoms with Crippen LogP contribution in [0.15, 0.2) is 0 Å². The van der Waals surface area contributed by atoms with Crippen molar-refractivity contribution in [2.24, 2.45) is 0 Å². The number of carbonyl (C=O) groups is 2. The molecule has 1 heterocycles. The largest absolute Gasteiger partial charge is 0.394 e. The van der Waals surface area contributed by atoms with Crippen LogP contribution < -0.4 is 0 Å². The molecule has 1 aliphatic rings. The first-order valence-corrected chi connectivity index (χ1v) is 4.62. The van der Waals surface area contributed by atoms with Crippen molar-refractivity contribution in [3.8, 4) is 0 Å². The summed E-state index contributed by atoms with van der Waals surface area (Å²) in [5.74, 6) is -0.298. The lowest BCUT2D eigenvalue weighted by molar-refractivity contribution is -0.147. The van der Waals surface area contributed by atoms with E-state index in [1.54, 1.807) is 6.92 Å². The average Bonchev–Trinajstić information content (AvgIpc) is 2.27. The lowest BCUT2D eigenvalue weighted by Crippen LogP contribution is -2.43. The zero-order chi connectivity index (χ0) is 9.84. The van der Waals surface area contributed by atoms with Crippen molar-refractivity contribution in [1.82, 2.24) is 4.90 Å². The molecule has 0 radical (unpaired) electrons. The lowest BCUT2D eigenvalue weighted by atomic mass is 10.2. The Bertz CT molecular complexity index is 197. The number of rotatable bonds is 2. The van der Waals surface area contributed by atoms with Gasteiger partial charge in [-0.05, 0) is 19.8 Å². The average molecular weight is 185 g/mol. The van der Waals surface area contributed by atoms with Gasteiger partial charge >= 0.3 is 0 Å². The van der Waals surface area contributed by atoms with Gasteiger partial charge in [-0.2, -0.15) is 0 Å². The minimum Gasteiger partial charge on any atom is -0.394 e. The zero-order valence-corrected chi connectivity index (χ0v) is 7.82. The number of amides is 2. The highest BCUT2D eigenvalue weighted by molar-refractivity contribution is 5.96. The molecule has 0 aromatic carbocycles. The van der Waals surface area contributed by atoms with E-state index in [-0.39, 0.29) is 24.5 Å². The fourth-order valence-electron chi connectivity index (χ4n) is 1.51. The normalized spacial score (nSPS) is 21.5. The molecule has 1 rings (SSSR count). The second-order valence-corrected chi connectivity index (χ2v) is 3.40. The summed E-state index contributed by atoms with van der Waals surface area (Å²) < 4.78 is 0. The van der Waals surface area contributed by atoms with Crippen molar-refractivity contribution in [3.63, 3.8) is 0 Å². The highest BCUT2D eigenvalue weighted by atomic mass is 16.3. The summed E-state index contributed by atoms with van der Waals surface area (Å²) in [5, 5.41) is 8.87. The van der Waals surface area contributed by atoms with Crippen LogP contribution in [0, 0.1) is 0 Å². The van der Waals surface area contributed by atoms with Gasteiger partial charge in [0, 0.05) is 12.8 Å². The summed E-state index contributed by atoms with van der Waals surface area (Å²) in [5.41, 5.74) is 0. The van der Waals surface area contributed by atoms with Crippen molar-refractivity contribution < 1.29 is 14.7 Å². The number of hydrogen-bond donors (Lipinski definition) is 1. The van der Waals surface area contributed by atoms with Crippen LogP contribution in [0.5, 0.6) is 0 Å². The Morgan fingerprint density at radius 1 is 1.31 bits per heavy atom. The molecule has 4 nitrogen and oxygen atoms in total. The highest BCUT2D eigenvalue weighted by Crippen LogP contribution is 2.14. The van der Waals surface area contributed by atoms with Crippen LogP contribution in [0.2, 0.25) is 0 Å². The summed E-state index contributed by atoms with van der Waals surface area (Å²) >= 11 is 0. The maximum Gasteiger partial charge on any atom is 0.229 e. The van der Waals surface area contributed by atoms with Crippen molar-refractivity contribution in [2.45, 2.75) is 38.6 Å². The van der Waals surface area contributed by atoms with Gasteiger partial charge in [0.25, 0.3) is 0 Å². The number of hydrogen-bond acceptors (Lipinski definition) is 3. The first-order valence-electron chi connectivity index (χ1n) is 4.62. The molecule has 13 heavy (non-hydrogen) atoms. The molecule has 0 bridgehead atoms. The number of aliphatic hydroxyl groups is 1. The maximum atomic E-state index is 11.4. The Balaban J connectivity index is 2.74. The second kappa shape index (κ2) is 4.37. The molecule has 0 aromatic heterocycles. The van der Waals surface area contributed by atoms with Gasteiger partial charge in [-0.15, -0.1) is 0 Å². The maximum absolute atomic E-state index is 11.4. The smallest absolute Gasteiger partial charge is 0.229 e. The van der Waals surface area contributed by atoms with Crippen molar-refractivity contribution in [1.29, 1.82) is 0 Å². The highest BCUT2D eigenvalue weighted by Gasteiger charge is 2.27. The third-order valence-corrected chi connectivity index (χ3v) is 2.27. The fourth-order valence-corrected chi connectivity index (χ4v) is 1.51. The van der Waals surface area contributed by atoms with E-state index >= 15 is 0 Å². The van der Waals surface area contributed by atoms with Gasteiger partial charge in [0.05, 0.1) is 12.6 Å². The molecule has 1 saturated heterocycles. The molecule has 2 amide bonds. The van der Waals surface area contributed by atoms with Crippen LogP contribution in [-0.4, -0.2) is 34.5 Å². The zero-order valence-electron chi connectivity index (χ0n) is 7.82. The van der Waals surface area contributed by atoms with E-state index < -0.39 is 0 Å². The van der Waals surface area contributed by atoms with E-state index in [0.717, 1.165) is 12.8 Å². The van der Waals surface area contributed by atoms with E-state index in [1.807, 2.05) is 0 Å². The number of carbonyl (C=O) groups excluding carboxylic acids is 2. The summed E-state index contributed by atoms with van der Waals surface area (Å²) in [6.07, 6.45) is 2.41. The quantitative estimate of drug-likeness (QED) is 0.629. The molecule has 0 saturated carbocycles. The van der Waals surface area contributed by atoms with Crippen molar-refractivity contribution >= 4 is 11.8 Å². The van der Waals surface area contributed by atoms with E-state index in [0.29, 0.717) is 12.8 Å². The van der Waals surface area contributed by atoms with Crippen LogP contribution in [0.4, 0.5) is 0 Å². The van der Waals surface area contributed by atoms with Crippen LogP contribution in [0.25, 0.3) is 0 Å². The number of imide groups is 1. The molecule has 1 aliphatic heterocycles. The first-order chi connectivity index (χ1) is 6.16. The SMILES string of the molecule is C[C@@H](CO)N1C(=O)CCCCC1=O. The Morgan fingerprint density at radius 2 is 1.77 bits per heavy atom. The van der Waals surface area contributed by atoms with Gasteiger partial charge in [0.15, 0.2) is 0 Å². The van der Waals surface area contributed by atoms with E-state index in [4.69, 9.17) is 5.11 Å². The molecule has 0 aromatic rings. The summed E-state index contributed by atoms with van der Waals surface area (Å²) in [6.45, 7) is 1.53. The Morgan fingerprint density at radius 3 is 2.15 bits per heavy atom. The number of likely N-dealkylation sites (tertiary alicyclic amines) is 1. The predicted molar refractivity (Wildman–Crippen MR) is 46.9 cm³/mol. The van der Waals surface area contributed by atoms with Crippen LogP contribution in [0.1, 0.15) is 32.6 Å². The van der Waals surface area contributed by atoms with Gasteiger partial charge in [0.1, 0.15) is 0 Å². The minimum atomic E-state index is -0.377. The first kappa shape index (κ1) is 10.2. The van der Waals surface area contributed by atoms with Crippen LogP contribution >= 0.6 is 0 Å². The predicted octanol–water partition coefficient (Wildman–Crippen LogP) is 0.296. The molecule has 0 unspecified atom stereocenters. The van der Waals surface area contributed by atoms with Gasteiger partial charge in [-0.25, -0.2) is 0 Å². The summed E-state index contributed by atoms with van der Waals surface area (Å²) in [6, 6.07) is -0.377. The Labute approximate surface area is 77.5 Å². The van der Waals surface area contributed by atoms with E-state index in [2.05, 4.69) is 0 Å². The third kappa shape index (κ3) is 2.28. The monoisotopic (exact) mass is 185 g/mol. The molecule has 1 N–H and O–H groups in total. The van der Waals surface area contributed by atoms with Gasteiger partial charge in [-0.1, -0.05) is 0 Å². The van der Waals surface area contributed by atoms with Crippen LogP contribution in [0.3, 0.4) is 0 Å². The third-order valence-electron chi connectivity index (χ3n) is 2.27. The fraction of sp³-hybridized carbons (Fsp3) is 0.778. The van der Waals surface area contributed by atoms with Gasteiger partial charge < -0.3 is 5.11 Å². The number of aliphatic hydroxyl groups excluding tert-OH is 1. The molecular weight excluding hydrogens is 170 g/mol.